The second-order valence-corrected chi connectivity index (χ2v) is 4.62. The number of aromatic nitrogens is 2. The van der Waals surface area contributed by atoms with Gasteiger partial charge < -0.3 is 10.3 Å². The van der Waals surface area contributed by atoms with Crippen LogP contribution in [0, 0.1) is 5.82 Å². The van der Waals surface area contributed by atoms with Gasteiger partial charge in [-0.2, -0.15) is 0 Å². The highest BCUT2D eigenvalue weighted by atomic mass is 19.1. The van der Waals surface area contributed by atoms with Crippen LogP contribution in [0.3, 0.4) is 0 Å². The quantitative estimate of drug-likeness (QED) is 0.901. The molecular formula is C14H18FN3. The number of halogens is 1. The zero-order valence-electron chi connectivity index (χ0n) is 10.7. The highest BCUT2D eigenvalue weighted by Crippen LogP contribution is 2.28. The Morgan fingerprint density at radius 1 is 1.39 bits per heavy atom. The molecule has 0 saturated carbocycles. The summed E-state index contributed by atoms with van der Waals surface area (Å²) in [6.45, 7) is 1.97. The Bertz CT molecular complexity index is 535. The standard InChI is InChI=1S/C14H18FN3/c1-3-14(16,10-13-17-8-9-18(13)2)11-6-4-5-7-12(11)15/h4-9H,3,10,16H2,1-2H3. The Kier molecular flexibility index (Phi) is 3.48. The molecule has 0 aliphatic carbocycles. The summed E-state index contributed by atoms with van der Waals surface area (Å²) < 4.78 is 15.8. The van der Waals surface area contributed by atoms with Crippen LogP contribution in [-0.2, 0) is 19.0 Å². The molecule has 0 fully saturated rings. The van der Waals surface area contributed by atoms with E-state index in [9.17, 15) is 4.39 Å². The summed E-state index contributed by atoms with van der Waals surface area (Å²) in [5, 5.41) is 0. The molecule has 2 aromatic rings. The molecule has 1 aromatic carbocycles. The van der Waals surface area contributed by atoms with Crippen molar-refractivity contribution in [3.05, 3.63) is 53.9 Å². The van der Waals surface area contributed by atoms with E-state index in [0.29, 0.717) is 18.4 Å². The van der Waals surface area contributed by atoms with Gasteiger partial charge in [-0.15, -0.1) is 0 Å². The normalized spacial score (nSPS) is 14.4. The molecule has 1 heterocycles. The molecule has 1 unspecified atom stereocenters. The van der Waals surface area contributed by atoms with Crippen LogP contribution in [0.1, 0.15) is 24.7 Å². The van der Waals surface area contributed by atoms with Gasteiger partial charge in [-0.1, -0.05) is 25.1 Å². The van der Waals surface area contributed by atoms with Gasteiger partial charge in [0.1, 0.15) is 11.6 Å². The number of rotatable bonds is 4. The average molecular weight is 247 g/mol. The van der Waals surface area contributed by atoms with E-state index in [4.69, 9.17) is 5.73 Å². The molecule has 1 atom stereocenters. The van der Waals surface area contributed by atoms with Crippen LogP contribution in [0.25, 0.3) is 0 Å². The van der Waals surface area contributed by atoms with Gasteiger partial charge in [0.2, 0.25) is 0 Å². The largest absolute Gasteiger partial charge is 0.338 e. The molecule has 0 bridgehead atoms. The third-order valence-electron chi connectivity index (χ3n) is 3.44. The maximum atomic E-state index is 13.9. The topological polar surface area (TPSA) is 43.8 Å². The van der Waals surface area contributed by atoms with Gasteiger partial charge >= 0.3 is 0 Å². The third-order valence-corrected chi connectivity index (χ3v) is 3.44. The summed E-state index contributed by atoms with van der Waals surface area (Å²) in [6, 6.07) is 6.69. The molecule has 0 radical (unpaired) electrons. The van der Waals surface area contributed by atoms with Crippen molar-refractivity contribution in [1.82, 2.24) is 9.55 Å². The number of nitrogens with two attached hydrogens (primary N) is 1. The number of hydrogen-bond donors (Lipinski definition) is 1. The predicted molar refractivity (Wildman–Crippen MR) is 69.5 cm³/mol. The van der Waals surface area contributed by atoms with Crippen molar-refractivity contribution in [3.63, 3.8) is 0 Å². The van der Waals surface area contributed by atoms with Crippen LogP contribution in [-0.4, -0.2) is 9.55 Å². The fourth-order valence-corrected chi connectivity index (χ4v) is 2.12. The molecule has 0 saturated heterocycles. The van der Waals surface area contributed by atoms with E-state index in [0.717, 1.165) is 5.82 Å². The lowest BCUT2D eigenvalue weighted by Gasteiger charge is -2.28. The molecule has 2 N–H and O–H groups in total. The van der Waals surface area contributed by atoms with Crippen LogP contribution in [0.4, 0.5) is 4.39 Å². The fourth-order valence-electron chi connectivity index (χ4n) is 2.12. The number of hydrogen-bond acceptors (Lipinski definition) is 2. The maximum Gasteiger partial charge on any atom is 0.128 e. The van der Waals surface area contributed by atoms with Crippen molar-refractivity contribution in [2.45, 2.75) is 25.3 Å². The lowest BCUT2D eigenvalue weighted by molar-refractivity contribution is 0.390. The molecule has 3 nitrogen and oxygen atoms in total. The number of imidazole rings is 1. The summed E-state index contributed by atoms with van der Waals surface area (Å²) >= 11 is 0. The summed E-state index contributed by atoms with van der Waals surface area (Å²) in [4.78, 5) is 4.26. The van der Waals surface area contributed by atoms with Crippen molar-refractivity contribution in [3.8, 4) is 0 Å². The molecule has 96 valence electrons. The van der Waals surface area contributed by atoms with E-state index in [-0.39, 0.29) is 5.82 Å². The first-order valence-electron chi connectivity index (χ1n) is 6.07. The molecule has 2 rings (SSSR count). The van der Waals surface area contributed by atoms with Crippen molar-refractivity contribution >= 4 is 0 Å². The maximum absolute atomic E-state index is 13.9. The van der Waals surface area contributed by atoms with Crippen LogP contribution in [0.5, 0.6) is 0 Å². The van der Waals surface area contributed by atoms with Crippen molar-refractivity contribution in [1.29, 1.82) is 0 Å². The third kappa shape index (κ3) is 2.29. The van der Waals surface area contributed by atoms with Crippen molar-refractivity contribution in [2.24, 2.45) is 12.8 Å². The summed E-state index contributed by atoms with van der Waals surface area (Å²) in [6.07, 6.45) is 4.77. The van der Waals surface area contributed by atoms with Gasteiger partial charge in [-0.05, 0) is 12.5 Å². The van der Waals surface area contributed by atoms with Crippen LogP contribution >= 0.6 is 0 Å². The lowest BCUT2D eigenvalue weighted by Crippen LogP contribution is -2.40. The highest BCUT2D eigenvalue weighted by molar-refractivity contribution is 5.27. The van der Waals surface area contributed by atoms with Gasteiger partial charge in [0.05, 0.1) is 5.54 Å². The number of benzene rings is 1. The molecule has 0 aliphatic rings. The van der Waals surface area contributed by atoms with Gasteiger partial charge in [-0.25, -0.2) is 9.37 Å². The minimum absolute atomic E-state index is 0.254. The lowest BCUT2D eigenvalue weighted by atomic mass is 9.84. The second-order valence-electron chi connectivity index (χ2n) is 4.62. The van der Waals surface area contributed by atoms with E-state index in [1.54, 1.807) is 18.3 Å². The SMILES string of the molecule is CCC(N)(Cc1nccn1C)c1ccccc1F. The molecule has 1 aromatic heterocycles. The minimum Gasteiger partial charge on any atom is -0.338 e. The number of nitrogens with zero attached hydrogens (tertiary/aromatic N) is 2. The average Bonchev–Trinajstić information content (AvgIpc) is 2.75. The molecule has 0 spiro atoms. The van der Waals surface area contributed by atoms with Crippen molar-refractivity contribution in [2.75, 3.05) is 0 Å². The van der Waals surface area contributed by atoms with Crippen LogP contribution < -0.4 is 5.73 Å². The first kappa shape index (κ1) is 12.8. The molecule has 18 heavy (non-hydrogen) atoms. The second kappa shape index (κ2) is 4.90. The Labute approximate surface area is 106 Å². The Balaban J connectivity index is 2.37. The van der Waals surface area contributed by atoms with E-state index in [2.05, 4.69) is 4.98 Å². The van der Waals surface area contributed by atoms with Crippen LogP contribution in [0.2, 0.25) is 0 Å². The van der Waals surface area contributed by atoms with Gasteiger partial charge in [0.15, 0.2) is 0 Å². The summed E-state index contributed by atoms with van der Waals surface area (Å²) in [7, 11) is 1.92. The van der Waals surface area contributed by atoms with Crippen LogP contribution in [0.15, 0.2) is 36.7 Å². The first-order valence-corrected chi connectivity index (χ1v) is 6.07. The Morgan fingerprint density at radius 2 is 2.11 bits per heavy atom. The molecule has 4 heteroatoms. The van der Waals surface area contributed by atoms with Crippen molar-refractivity contribution < 1.29 is 4.39 Å². The van der Waals surface area contributed by atoms with E-state index in [1.807, 2.05) is 30.8 Å². The highest BCUT2D eigenvalue weighted by Gasteiger charge is 2.29. The zero-order chi connectivity index (χ0) is 13.2. The van der Waals surface area contributed by atoms with Gasteiger partial charge in [0, 0.05) is 31.4 Å². The summed E-state index contributed by atoms with van der Waals surface area (Å²) in [5.74, 6) is 0.610. The molecule has 0 aliphatic heterocycles. The smallest absolute Gasteiger partial charge is 0.128 e. The first-order chi connectivity index (χ1) is 8.57. The van der Waals surface area contributed by atoms with E-state index < -0.39 is 5.54 Å². The predicted octanol–water partition coefficient (Wildman–Crippen LogP) is 2.37. The van der Waals surface area contributed by atoms with Gasteiger partial charge in [-0.3, -0.25) is 0 Å². The Morgan fingerprint density at radius 3 is 2.67 bits per heavy atom. The molecule has 0 amide bonds. The Hall–Kier alpha value is -1.68. The fraction of sp³-hybridized carbons (Fsp3) is 0.357. The monoisotopic (exact) mass is 247 g/mol. The summed E-state index contributed by atoms with van der Waals surface area (Å²) in [5.41, 5.74) is 6.22. The van der Waals surface area contributed by atoms with E-state index in [1.165, 1.54) is 6.07 Å². The zero-order valence-corrected chi connectivity index (χ0v) is 10.7. The molecular weight excluding hydrogens is 229 g/mol. The van der Waals surface area contributed by atoms with Gasteiger partial charge in [0.25, 0.3) is 0 Å². The minimum atomic E-state index is -0.718. The van der Waals surface area contributed by atoms with E-state index >= 15 is 0 Å². The number of aryl methyl sites for hydroxylation is 1.